The van der Waals surface area contributed by atoms with Crippen LogP contribution >= 0.6 is 0 Å². The second-order valence-electron chi connectivity index (χ2n) is 42.1. The molecule has 6 fully saturated rings. The summed E-state index contributed by atoms with van der Waals surface area (Å²) in [6.45, 7) is 51.4. The van der Waals surface area contributed by atoms with Gasteiger partial charge in [0, 0.05) is 109 Å². The van der Waals surface area contributed by atoms with Crippen LogP contribution in [0, 0.1) is 124 Å². The molecule has 0 bridgehead atoms. The van der Waals surface area contributed by atoms with Crippen LogP contribution in [-0.4, -0.2) is 302 Å². The Balaban J connectivity index is 0.000000473. The van der Waals surface area contributed by atoms with Gasteiger partial charge in [0.05, 0.1) is 120 Å². The summed E-state index contributed by atoms with van der Waals surface area (Å²) >= 11 is 0. The number of carbonyl (C=O) groups is 8. The molecule has 0 amide bonds. The van der Waals surface area contributed by atoms with E-state index in [1.54, 1.807) is 132 Å². The van der Waals surface area contributed by atoms with Crippen LogP contribution in [0.3, 0.4) is 0 Å². The predicted octanol–water partition coefficient (Wildman–Crippen LogP) is 8.08. The van der Waals surface area contributed by atoms with Crippen LogP contribution in [0.1, 0.15) is 278 Å². The molecular formula is C99H179NO31. The quantitative estimate of drug-likeness (QED) is 0.0725. The molecule has 766 valence electrons. The number of ether oxygens (including phenoxy) is 9. The van der Waals surface area contributed by atoms with Gasteiger partial charge < -0.3 is 119 Å². The van der Waals surface area contributed by atoms with E-state index < -0.39 is 264 Å². The van der Waals surface area contributed by atoms with Gasteiger partial charge >= 0.3 is 23.9 Å². The monoisotopic (exact) mass is 1880 g/mol. The van der Waals surface area contributed by atoms with Gasteiger partial charge in [-0.05, 0) is 152 Å². The summed E-state index contributed by atoms with van der Waals surface area (Å²) in [7, 11) is 5.17. The molecule has 32 heteroatoms. The van der Waals surface area contributed by atoms with Gasteiger partial charge in [-0.25, -0.2) is 0 Å². The van der Waals surface area contributed by atoms with Gasteiger partial charge in [-0.1, -0.05) is 145 Å². The topological polar surface area (TPSA) is 506 Å². The SMILES string of the molecule is CCC[C@H]1OC(=O)[C@H](C)[C@@H](O)[C@H](C)[C@@H](O)[C@@H](C)C[C@@H](C)C(=O)[C@H](C)[C@@H](O)[C@H]1C.CC[C@H]1OC(=O)[C@H](C)[C@@H](O)[C@H](C)[C@@H](O)[C@@H](C)C[C@@H](C)C(=O)[C@H](C)[C@@H](O)[C@H]1C.CC[C@H]1OC(=O)[C@H](C)[C@@H](OC2CC(C)(OC)C(O)C(C)O2)[C@H](C)[C@@H](OC2OC(C)CC(N(C)C)C2O)[C@](C)(O)CCC(=O)[C@H](C)[C@@H](O)[C@]1(C)O.C[C@@H]1[C@@H](O)[C@@H](C)C[C@@H](C)C(=O)[C@H](C)[C@@H](O)[C@@H](C)[C@@H](C)OC(=O)[C@H](C)[C@H]1O. The second-order valence-corrected chi connectivity index (χ2v) is 42.1. The molecular weight excluding hydrogens is 1700 g/mol. The number of likely N-dealkylation sites (N-methyl/N-ethyl adjacent to an activating group) is 1. The van der Waals surface area contributed by atoms with E-state index in [0.29, 0.717) is 38.5 Å². The Morgan fingerprint density at radius 2 is 0.779 bits per heavy atom. The van der Waals surface area contributed by atoms with Crippen molar-refractivity contribution >= 4 is 47.0 Å². The highest BCUT2D eigenvalue weighted by Gasteiger charge is 2.55. The van der Waals surface area contributed by atoms with Gasteiger partial charge in [0.1, 0.15) is 65.4 Å². The Bertz CT molecular complexity index is 3510. The van der Waals surface area contributed by atoms with Crippen LogP contribution in [0.25, 0.3) is 0 Å². The van der Waals surface area contributed by atoms with Crippen molar-refractivity contribution in [3.8, 4) is 0 Å². The number of nitrogens with zero attached hydrogens (tertiary/aromatic N) is 1. The van der Waals surface area contributed by atoms with Gasteiger partial charge in [0.15, 0.2) is 12.6 Å². The molecule has 0 saturated carbocycles. The van der Waals surface area contributed by atoms with Crippen LogP contribution < -0.4 is 0 Å². The third-order valence-corrected chi connectivity index (χ3v) is 31.0. The van der Waals surface area contributed by atoms with E-state index in [1.165, 1.54) is 27.9 Å². The van der Waals surface area contributed by atoms with Gasteiger partial charge in [0.2, 0.25) is 0 Å². The number of cyclic esters (lactones) is 4. The first kappa shape index (κ1) is 121. The van der Waals surface area contributed by atoms with Crippen molar-refractivity contribution in [1.29, 1.82) is 0 Å². The molecule has 0 spiro atoms. The number of aliphatic hydroxyl groups excluding tert-OH is 12. The zero-order valence-electron chi connectivity index (χ0n) is 85.3. The summed E-state index contributed by atoms with van der Waals surface area (Å²) in [6.07, 6.45) is -16.8. The van der Waals surface area contributed by atoms with Gasteiger partial charge in [-0.3, -0.25) is 38.4 Å². The highest BCUT2D eigenvalue weighted by atomic mass is 16.7. The lowest BCUT2D eigenvalue weighted by molar-refractivity contribution is -0.317. The van der Waals surface area contributed by atoms with Crippen molar-refractivity contribution < 1.29 is 152 Å². The maximum atomic E-state index is 14.0. The first-order valence-corrected chi connectivity index (χ1v) is 48.7. The molecule has 131 heavy (non-hydrogen) atoms. The molecule has 6 aliphatic rings. The van der Waals surface area contributed by atoms with Crippen molar-refractivity contribution in [2.24, 2.45) is 124 Å². The molecule has 0 aliphatic carbocycles. The molecule has 32 nitrogen and oxygen atoms in total. The first-order valence-electron chi connectivity index (χ1n) is 48.7. The molecule has 0 aromatic heterocycles. The minimum Gasteiger partial charge on any atom is -0.462 e. The second kappa shape index (κ2) is 52.7. The average Bonchev–Trinajstić information content (AvgIpc) is 0.775. The van der Waals surface area contributed by atoms with Gasteiger partial charge in [0.25, 0.3) is 0 Å². The Hall–Kier alpha value is -4.24. The molecule has 0 radical (unpaired) electrons. The fraction of sp³-hybridized carbons (Fsp3) is 0.919. The van der Waals surface area contributed by atoms with E-state index >= 15 is 0 Å². The van der Waals surface area contributed by atoms with E-state index in [9.17, 15) is 110 Å². The lowest BCUT2D eigenvalue weighted by atomic mass is 9.76. The molecule has 0 aromatic carbocycles. The van der Waals surface area contributed by atoms with Crippen molar-refractivity contribution in [2.75, 3.05) is 21.2 Å². The maximum absolute atomic E-state index is 14.0. The summed E-state index contributed by atoms with van der Waals surface area (Å²) in [6, 6.07) is -0.318. The van der Waals surface area contributed by atoms with E-state index in [1.807, 2.05) is 74.4 Å². The van der Waals surface area contributed by atoms with E-state index in [-0.39, 0.29) is 90.7 Å². The van der Waals surface area contributed by atoms with Crippen LogP contribution in [0.4, 0.5) is 0 Å². The number of ketones is 4. The Kier molecular flexibility index (Phi) is 48.6. The predicted molar refractivity (Wildman–Crippen MR) is 490 cm³/mol. The first-order chi connectivity index (χ1) is 60.3. The van der Waals surface area contributed by atoms with E-state index in [0.717, 1.165) is 6.42 Å². The fourth-order valence-corrected chi connectivity index (χ4v) is 20.4. The number of hydrogen-bond acceptors (Lipinski definition) is 32. The number of methoxy groups -OCH3 is 1. The Morgan fingerprint density at radius 3 is 1.17 bits per heavy atom. The molecule has 6 heterocycles. The third-order valence-electron chi connectivity index (χ3n) is 31.0. The summed E-state index contributed by atoms with van der Waals surface area (Å²) in [5.74, 6) is -14.6. The minimum absolute atomic E-state index is 0.0568. The van der Waals surface area contributed by atoms with Crippen LogP contribution in [-0.2, 0) is 81.0 Å². The molecule has 0 aromatic rings. The van der Waals surface area contributed by atoms with Crippen LogP contribution in [0.5, 0.6) is 0 Å². The molecule has 6 saturated heterocycles. The molecule has 14 N–H and O–H groups in total. The van der Waals surface area contributed by atoms with Crippen molar-refractivity contribution in [1.82, 2.24) is 4.90 Å². The average molecular weight is 1880 g/mol. The van der Waals surface area contributed by atoms with Gasteiger partial charge in [-0.2, -0.15) is 0 Å². The lowest BCUT2D eigenvalue weighted by Gasteiger charge is -2.48. The zero-order valence-corrected chi connectivity index (χ0v) is 85.3. The zero-order chi connectivity index (χ0) is 101. The number of rotatable bonds is 10. The van der Waals surface area contributed by atoms with Gasteiger partial charge in [-0.15, -0.1) is 0 Å². The minimum atomic E-state index is -1.98. The maximum Gasteiger partial charge on any atom is 0.311 e. The Labute approximate surface area is 782 Å². The number of hydrogen-bond donors (Lipinski definition) is 14. The third kappa shape index (κ3) is 31.1. The molecule has 8 unspecified atom stereocenters. The van der Waals surface area contributed by atoms with Crippen molar-refractivity contribution in [3.05, 3.63) is 0 Å². The summed E-state index contributed by atoms with van der Waals surface area (Å²) in [5, 5.41) is 153. The van der Waals surface area contributed by atoms with E-state index in [2.05, 4.69) is 0 Å². The standard InChI is InChI=1S/C36H65NO13.C22H40O6.C21H38O6.C20H36O6/c1-13-25-36(9,44)29(40)19(3)24(38)14-15-34(7,43)31(50-33-27(39)23(37(10)11)16-18(2)46-33)20(4)28(21(5)32(42)48-25)49-26-17-35(8,45-12)30(41)22(6)47-26;1-8-9-17-13(4)20(25)14(5)18(23)11(2)10-12(3)19(24)15(6)21(26)16(7)22(27)28-17;1-8-16-12(4)19(24)13(5)17(22)10(2)9-11(3)18(23)14(6)20(25)15(7)21(26)27-16;1-9-8-10(2)17(22)13(5)19(24)14(6)20(25)26-15(7)11(3)18(23)12(4)16(9)21/h18-23,25-31,33,39-41,43-44H,13-17H2,1-12H3;11-17,19-21,24-26H,8-10H2,1-7H3;10-16,18-20,23-25H,8-9H2,1-7H3;9-15,17-19,22-24H,8H2,1-7H3/t18?,19-,20-,21+,22?,23?,25+,26?,27?,28-,29+,30?,31+,33?,34+,35?,36+;11-,12+,13+,14+,15-,16-,17-,19+,20+,21+;10-,11+,12+,13+,14-,15-,16-,18+,19+,20+;9-,10+,11+,12+,13-,14-,15-,17+,18+,19+/m0111/s1. The van der Waals surface area contributed by atoms with Crippen LogP contribution in [0.15, 0.2) is 0 Å². The number of esters is 4. The largest absolute Gasteiger partial charge is 0.462 e. The summed E-state index contributed by atoms with van der Waals surface area (Å²) < 4.78 is 53.6. The Morgan fingerprint density at radius 1 is 0.397 bits per heavy atom. The molecule has 6 rings (SSSR count). The van der Waals surface area contributed by atoms with Crippen LogP contribution in [0.2, 0.25) is 0 Å². The van der Waals surface area contributed by atoms with Crippen molar-refractivity contribution in [2.45, 2.75) is 436 Å². The number of aliphatic hydroxyl groups is 14. The summed E-state index contributed by atoms with van der Waals surface area (Å²) in [4.78, 5) is 105. The van der Waals surface area contributed by atoms with E-state index in [4.69, 9.17) is 42.6 Å². The molecule has 6 aliphatic heterocycles. The normalized spacial score (nSPS) is 47.1. The number of carbonyl (C=O) groups excluding carboxylic acids is 8. The number of Topliss-reactive ketones (excluding diaryl/α,β-unsaturated/α-hetero) is 4. The highest BCUT2D eigenvalue weighted by Crippen LogP contribution is 2.43. The highest BCUT2D eigenvalue weighted by molar-refractivity contribution is 5.85. The van der Waals surface area contributed by atoms with Crippen molar-refractivity contribution in [3.63, 3.8) is 0 Å². The molecule has 47 atom stereocenters. The summed E-state index contributed by atoms with van der Waals surface area (Å²) in [5.41, 5.74) is -4.79. The smallest absolute Gasteiger partial charge is 0.311 e. The lowest BCUT2D eigenvalue weighted by Crippen LogP contribution is -2.60. The fourth-order valence-electron chi connectivity index (χ4n) is 20.4.